The first-order valence-corrected chi connectivity index (χ1v) is 5.96. The molecule has 0 amide bonds. The Hall–Kier alpha value is -1.67. The topological polar surface area (TPSA) is 24.9 Å². The van der Waals surface area contributed by atoms with E-state index in [1.165, 1.54) is 5.56 Å². The predicted molar refractivity (Wildman–Crippen MR) is 70.7 cm³/mol. The van der Waals surface area contributed by atoms with Gasteiger partial charge in [-0.3, -0.25) is 4.98 Å². The smallest absolute Gasteiger partial charge is 0.0545 e. The van der Waals surface area contributed by atoms with Crippen LogP contribution in [0.2, 0.25) is 0 Å². The summed E-state index contributed by atoms with van der Waals surface area (Å²) in [4.78, 5) is 4.48. The normalized spacial score (nSPS) is 12.4. The van der Waals surface area contributed by atoms with Crippen molar-refractivity contribution in [2.24, 2.45) is 0 Å². The highest BCUT2D eigenvalue weighted by atomic mass is 14.9. The van der Waals surface area contributed by atoms with Gasteiger partial charge in [-0.2, -0.15) is 0 Å². The zero-order valence-corrected chi connectivity index (χ0v) is 10.4. The van der Waals surface area contributed by atoms with Crippen molar-refractivity contribution < 1.29 is 0 Å². The summed E-state index contributed by atoms with van der Waals surface area (Å²) >= 11 is 0. The second-order valence-corrected chi connectivity index (χ2v) is 4.28. The molecule has 2 heteroatoms. The quantitative estimate of drug-likeness (QED) is 0.865. The highest BCUT2D eigenvalue weighted by molar-refractivity contribution is 5.18. The van der Waals surface area contributed by atoms with Crippen molar-refractivity contribution in [2.45, 2.75) is 26.4 Å². The van der Waals surface area contributed by atoms with Gasteiger partial charge in [-0.15, -0.1) is 0 Å². The number of pyridine rings is 1. The highest BCUT2D eigenvalue weighted by Crippen LogP contribution is 2.11. The monoisotopic (exact) mass is 226 g/mol. The third-order valence-corrected chi connectivity index (χ3v) is 2.83. The summed E-state index contributed by atoms with van der Waals surface area (Å²) in [5, 5.41) is 3.48. The summed E-state index contributed by atoms with van der Waals surface area (Å²) in [5.74, 6) is 0. The lowest BCUT2D eigenvalue weighted by Gasteiger charge is -2.13. The van der Waals surface area contributed by atoms with Crippen LogP contribution in [0.25, 0.3) is 0 Å². The third-order valence-electron chi connectivity index (χ3n) is 2.83. The van der Waals surface area contributed by atoms with Crippen LogP contribution in [0.3, 0.4) is 0 Å². The minimum absolute atomic E-state index is 0.346. The second-order valence-electron chi connectivity index (χ2n) is 4.28. The van der Waals surface area contributed by atoms with Gasteiger partial charge in [0.1, 0.15) is 0 Å². The van der Waals surface area contributed by atoms with Crippen molar-refractivity contribution in [3.8, 4) is 0 Å². The van der Waals surface area contributed by atoms with Gasteiger partial charge >= 0.3 is 0 Å². The largest absolute Gasteiger partial charge is 0.305 e. The average Bonchev–Trinajstić information content (AvgIpc) is 2.37. The van der Waals surface area contributed by atoms with Gasteiger partial charge in [0.05, 0.1) is 5.69 Å². The van der Waals surface area contributed by atoms with Crippen LogP contribution in [0.4, 0.5) is 0 Å². The van der Waals surface area contributed by atoms with Crippen molar-refractivity contribution in [1.29, 1.82) is 0 Å². The molecule has 0 unspecified atom stereocenters. The predicted octanol–water partition coefficient (Wildman–Crippen LogP) is 3.24. The van der Waals surface area contributed by atoms with Crippen LogP contribution < -0.4 is 5.32 Å². The summed E-state index contributed by atoms with van der Waals surface area (Å²) in [7, 11) is 0. The first-order chi connectivity index (χ1) is 8.25. The maximum absolute atomic E-state index is 4.48. The number of benzene rings is 1. The molecule has 1 aromatic heterocycles. The maximum Gasteiger partial charge on any atom is 0.0545 e. The fourth-order valence-electron chi connectivity index (χ4n) is 1.82. The van der Waals surface area contributed by atoms with E-state index < -0.39 is 0 Å². The summed E-state index contributed by atoms with van der Waals surface area (Å²) in [6, 6.07) is 16.9. The number of aromatic nitrogens is 1. The molecule has 1 atom stereocenters. The Morgan fingerprint density at radius 2 is 1.82 bits per heavy atom. The lowest BCUT2D eigenvalue weighted by molar-refractivity contribution is 0.567. The number of hydrogen-bond acceptors (Lipinski definition) is 2. The van der Waals surface area contributed by atoms with Crippen LogP contribution in [0.1, 0.15) is 29.9 Å². The molecular formula is C15H18N2. The van der Waals surface area contributed by atoms with Crippen LogP contribution >= 0.6 is 0 Å². The third kappa shape index (κ3) is 3.40. The van der Waals surface area contributed by atoms with Crippen LogP contribution in [0.5, 0.6) is 0 Å². The minimum atomic E-state index is 0.346. The maximum atomic E-state index is 4.48. The van der Waals surface area contributed by atoms with Crippen molar-refractivity contribution in [2.75, 3.05) is 0 Å². The lowest BCUT2D eigenvalue weighted by atomic mass is 10.1. The van der Waals surface area contributed by atoms with Gasteiger partial charge in [0.25, 0.3) is 0 Å². The van der Waals surface area contributed by atoms with Gasteiger partial charge < -0.3 is 5.32 Å². The Morgan fingerprint density at radius 1 is 1.06 bits per heavy atom. The minimum Gasteiger partial charge on any atom is -0.305 e. The summed E-state index contributed by atoms with van der Waals surface area (Å²) in [6.45, 7) is 4.99. The van der Waals surface area contributed by atoms with Gasteiger partial charge in [-0.25, -0.2) is 0 Å². The standard InChI is InChI=1S/C15H18N2/c1-12-7-6-10-15(17-12)11-16-13(2)14-8-4-3-5-9-14/h3-10,13,16H,11H2,1-2H3/t13-/m0/s1. The van der Waals surface area contributed by atoms with E-state index in [1.54, 1.807) is 0 Å². The molecule has 0 aliphatic carbocycles. The molecule has 1 heterocycles. The molecular weight excluding hydrogens is 208 g/mol. The van der Waals surface area contributed by atoms with Crippen LogP contribution in [-0.4, -0.2) is 4.98 Å². The van der Waals surface area contributed by atoms with Gasteiger partial charge in [-0.1, -0.05) is 36.4 Å². The fourth-order valence-corrected chi connectivity index (χ4v) is 1.82. The van der Waals surface area contributed by atoms with E-state index >= 15 is 0 Å². The Morgan fingerprint density at radius 3 is 2.53 bits per heavy atom. The summed E-state index contributed by atoms with van der Waals surface area (Å²) in [5.41, 5.74) is 3.46. The molecule has 0 radical (unpaired) electrons. The summed E-state index contributed by atoms with van der Waals surface area (Å²) in [6.07, 6.45) is 0. The van der Waals surface area contributed by atoms with Crippen molar-refractivity contribution in [1.82, 2.24) is 10.3 Å². The number of rotatable bonds is 4. The molecule has 0 aliphatic heterocycles. The Kier molecular flexibility index (Phi) is 3.89. The average molecular weight is 226 g/mol. The van der Waals surface area contributed by atoms with E-state index in [2.05, 4.69) is 47.6 Å². The zero-order chi connectivity index (χ0) is 12.1. The van der Waals surface area contributed by atoms with Gasteiger partial charge in [-0.05, 0) is 31.5 Å². The molecule has 1 N–H and O–H groups in total. The van der Waals surface area contributed by atoms with E-state index in [9.17, 15) is 0 Å². The number of hydrogen-bond donors (Lipinski definition) is 1. The first kappa shape index (κ1) is 11.8. The molecule has 0 bridgehead atoms. The molecule has 0 spiro atoms. The molecule has 17 heavy (non-hydrogen) atoms. The number of nitrogens with zero attached hydrogens (tertiary/aromatic N) is 1. The van der Waals surface area contributed by atoms with Gasteiger partial charge in [0, 0.05) is 18.3 Å². The molecule has 2 nitrogen and oxygen atoms in total. The SMILES string of the molecule is Cc1cccc(CN[C@@H](C)c2ccccc2)n1. The van der Waals surface area contributed by atoms with Crippen LogP contribution in [-0.2, 0) is 6.54 Å². The van der Waals surface area contributed by atoms with Gasteiger partial charge in [0.2, 0.25) is 0 Å². The molecule has 2 aromatic rings. The molecule has 0 saturated heterocycles. The molecule has 0 saturated carbocycles. The van der Waals surface area contributed by atoms with Crippen LogP contribution in [0, 0.1) is 6.92 Å². The Labute approximate surface area is 103 Å². The molecule has 2 rings (SSSR count). The summed E-state index contributed by atoms with van der Waals surface area (Å²) < 4.78 is 0. The van der Waals surface area contributed by atoms with E-state index in [-0.39, 0.29) is 0 Å². The zero-order valence-electron chi connectivity index (χ0n) is 10.4. The van der Waals surface area contributed by atoms with E-state index in [0.717, 1.165) is 17.9 Å². The van der Waals surface area contributed by atoms with E-state index in [4.69, 9.17) is 0 Å². The van der Waals surface area contributed by atoms with E-state index in [0.29, 0.717) is 6.04 Å². The molecule has 0 aliphatic rings. The molecule has 0 fully saturated rings. The Balaban J connectivity index is 1.95. The highest BCUT2D eigenvalue weighted by Gasteiger charge is 2.04. The number of nitrogens with one attached hydrogen (secondary N) is 1. The molecule has 88 valence electrons. The van der Waals surface area contributed by atoms with Crippen LogP contribution in [0.15, 0.2) is 48.5 Å². The lowest BCUT2D eigenvalue weighted by Crippen LogP contribution is -2.18. The Bertz CT molecular complexity index is 465. The van der Waals surface area contributed by atoms with Crippen molar-refractivity contribution in [3.05, 3.63) is 65.5 Å². The van der Waals surface area contributed by atoms with Crippen molar-refractivity contribution in [3.63, 3.8) is 0 Å². The fraction of sp³-hybridized carbons (Fsp3) is 0.267. The number of aryl methyl sites for hydroxylation is 1. The first-order valence-electron chi connectivity index (χ1n) is 5.96. The van der Waals surface area contributed by atoms with E-state index in [1.807, 2.05) is 25.1 Å². The van der Waals surface area contributed by atoms with Gasteiger partial charge in [0.15, 0.2) is 0 Å². The van der Waals surface area contributed by atoms with Crippen molar-refractivity contribution >= 4 is 0 Å². The second kappa shape index (κ2) is 5.60. The molecule has 1 aromatic carbocycles.